The Balaban J connectivity index is 2.04. The highest BCUT2D eigenvalue weighted by Gasteiger charge is 2.20. The fourth-order valence-corrected chi connectivity index (χ4v) is 3.12. The highest BCUT2D eigenvalue weighted by Crippen LogP contribution is 2.26. The van der Waals surface area contributed by atoms with Crippen LogP contribution in [0.4, 0.5) is 0 Å². The van der Waals surface area contributed by atoms with Crippen molar-refractivity contribution in [2.24, 2.45) is 10.7 Å². The zero-order chi connectivity index (χ0) is 18.0. The summed E-state index contributed by atoms with van der Waals surface area (Å²) in [4.78, 5) is 28.7. The van der Waals surface area contributed by atoms with Crippen molar-refractivity contribution in [1.82, 2.24) is 20.3 Å². The van der Waals surface area contributed by atoms with Crippen LogP contribution in [0, 0.1) is 0 Å². The Kier molecular flexibility index (Phi) is 4.83. The summed E-state index contributed by atoms with van der Waals surface area (Å²) >= 11 is 0. The van der Waals surface area contributed by atoms with Crippen LogP contribution in [-0.4, -0.2) is 39.7 Å². The Morgan fingerprint density at radius 3 is 2.84 bits per heavy atom. The lowest BCUT2D eigenvalue weighted by atomic mass is 9.90. The molecule has 0 aliphatic heterocycles. The zero-order valence-electron chi connectivity index (χ0n) is 14.9. The first-order valence-electron chi connectivity index (χ1n) is 8.61. The summed E-state index contributed by atoms with van der Waals surface area (Å²) in [6.45, 7) is 3.84. The number of rotatable bonds is 3. The van der Waals surface area contributed by atoms with E-state index in [1.165, 1.54) is 0 Å². The molecule has 2 aromatic rings. The van der Waals surface area contributed by atoms with Crippen molar-refractivity contribution in [3.05, 3.63) is 29.2 Å². The molecule has 0 spiro atoms. The minimum atomic E-state index is -0.174. The van der Waals surface area contributed by atoms with Crippen molar-refractivity contribution in [3.8, 4) is 0 Å². The van der Waals surface area contributed by atoms with Crippen molar-refractivity contribution < 1.29 is 4.79 Å². The Labute approximate surface area is 146 Å². The van der Waals surface area contributed by atoms with E-state index in [9.17, 15) is 4.79 Å². The molecule has 7 nitrogen and oxygen atoms in total. The molecule has 3 rings (SSSR count). The first-order chi connectivity index (χ1) is 12.0. The normalized spacial score (nSPS) is 18.8. The number of hydrogen-bond acceptors (Lipinski definition) is 5. The number of allylic oxidation sites excluding steroid dienone is 1. The maximum atomic E-state index is 12.4. The van der Waals surface area contributed by atoms with Gasteiger partial charge in [0.1, 0.15) is 11.2 Å². The molecule has 0 atom stereocenters. The molecule has 1 amide bonds. The molecule has 7 heteroatoms. The summed E-state index contributed by atoms with van der Waals surface area (Å²) in [5, 5.41) is 2.88. The third-order valence-corrected chi connectivity index (χ3v) is 4.35. The van der Waals surface area contributed by atoms with Gasteiger partial charge in [0.2, 0.25) is 0 Å². The van der Waals surface area contributed by atoms with E-state index in [1.807, 2.05) is 13.8 Å². The first kappa shape index (κ1) is 17.1. The Bertz CT molecular complexity index is 862. The number of aromatic nitrogens is 3. The summed E-state index contributed by atoms with van der Waals surface area (Å²) in [6, 6.07) is 0.0475. The van der Waals surface area contributed by atoms with Crippen LogP contribution < -0.4 is 11.1 Å². The van der Waals surface area contributed by atoms with Gasteiger partial charge in [0, 0.05) is 25.0 Å². The molecule has 0 unspecified atom stereocenters. The van der Waals surface area contributed by atoms with Gasteiger partial charge in [-0.3, -0.25) is 9.79 Å². The number of amides is 1. The number of carbonyl (C=O) groups is 1. The number of nitrogens with zero attached hydrogens (tertiary/aromatic N) is 3. The van der Waals surface area contributed by atoms with E-state index in [0.29, 0.717) is 28.1 Å². The molecule has 2 heterocycles. The SMILES string of the molecule is CN=C1CCCCC1=C(N)c1cnc2[nH]cc(C(=O)NC(C)C)c2n1. The van der Waals surface area contributed by atoms with Crippen LogP contribution in [0.1, 0.15) is 55.6 Å². The third-order valence-electron chi connectivity index (χ3n) is 4.35. The maximum Gasteiger partial charge on any atom is 0.255 e. The standard InChI is InChI=1S/C18H24N6O/c1-10(2)23-18(25)12-8-21-17-16(12)24-14(9-22-17)15(19)11-6-4-5-7-13(11)20-3/h8-10H,4-7,19H2,1-3H3,(H,21,22)(H,23,25). The van der Waals surface area contributed by atoms with Gasteiger partial charge in [-0.2, -0.15) is 0 Å². The lowest BCUT2D eigenvalue weighted by molar-refractivity contribution is 0.0944. The molecule has 0 radical (unpaired) electrons. The highest BCUT2D eigenvalue weighted by molar-refractivity contribution is 6.07. The van der Waals surface area contributed by atoms with Crippen molar-refractivity contribution >= 4 is 28.5 Å². The van der Waals surface area contributed by atoms with E-state index >= 15 is 0 Å². The van der Waals surface area contributed by atoms with Crippen LogP contribution in [0.2, 0.25) is 0 Å². The average molecular weight is 340 g/mol. The van der Waals surface area contributed by atoms with Crippen LogP contribution >= 0.6 is 0 Å². The minimum Gasteiger partial charge on any atom is -0.397 e. The summed E-state index contributed by atoms with van der Waals surface area (Å²) in [5.74, 6) is -0.174. The Morgan fingerprint density at radius 2 is 2.12 bits per heavy atom. The van der Waals surface area contributed by atoms with E-state index in [0.717, 1.165) is 37.0 Å². The number of H-pyrrole nitrogens is 1. The zero-order valence-corrected chi connectivity index (χ0v) is 14.9. The minimum absolute atomic E-state index is 0.0475. The van der Waals surface area contributed by atoms with E-state index in [4.69, 9.17) is 5.73 Å². The molecule has 0 bridgehead atoms. The number of aliphatic imine (C=N–C) groups is 1. The highest BCUT2D eigenvalue weighted by atomic mass is 16.1. The van der Waals surface area contributed by atoms with E-state index in [2.05, 4.69) is 25.3 Å². The van der Waals surface area contributed by atoms with Crippen molar-refractivity contribution in [2.45, 2.75) is 45.6 Å². The van der Waals surface area contributed by atoms with Crippen LogP contribution in [0.3, 0.4) is 0 Å². The fourth-order valence-electron chi connectivity index (χ4n) is 3.12. The van der Waals surface area contributed by atoms with Crippen LogP contribution in [0.15, 0.2) is 23.0 Å². The predicted octanol–water partition coefficient (Wildman–Crippen LogP) is 2.41. The lowest BCUT2D eigenvalue weighted by Crippen LogP contribution is -2.30. The molecule has 2 aromatic heterocycles. The summed E-state index contributed by atoms with van der Waals surface area (Å²) in [5.41, 5.74) is 11.2. The summed E-state index contributed by atoms with van der Waals surface area (Å²) < 4.78 is 0. The van der Waals surface area contributed by atoms with E-state index in [-0.39, 0.29) is 11.9 Å². The van der Waals surface area contributed by atoms with Gasteiger partial charge in [0.05, 0.1) is 17.5 Å². The summed E-state index contributed by atoms with van der Waals surface area (Å²) in [7, 11) is 1.79. The fraction of sp³-hybridized carbons (Fsp3) is 0.444. The smallest absolute Gasteiger partial charge is 0.255 e. The second-order valence-electron chi connectivity index (χ2n) is 6.55. The Morgan fingerprint density at radius 1 is 1.36 bits per heavy atom. The first-order valence-corrected chi connectivity index (χ1v) is 8.61. The molecule has 1 fully saturated rings. The molecule has 4 N–H and O–H groups in total. The van der Waals surface area contributed by atoms with Gasteiger partial charge < -0.3 is 16.0 Å². The van der Waals surface area contributed by atoms with Gasteiger partial charge in [0.25, 0.3) is 5.91 Å². The summed E-state index contributed by atoms with van der Waals surface area (Å²) in [6.07, 6.45) is 7.34. The predicted molar refractivity (Wildman–Crippen MR) is 99.4 cm³/mol. The molecule has 132 valence electrons. The molecular formula is C18H24N6O. The van der Waals surface area contributed by atoms with Gasteiger partial charge in [-0.15, -0.1) is 0 Å². The quantitative estimate of drug-likeness (QED) is 0.797. The van der Waals surface area contributed by atoms with E-state index < -0.39 is 0 Å². The number of aromatic amines is 1. The lowest BCUT2D eigenvalue weighted by Gasteiger charge is -2.19. The Hall–Kier alpha value is -2.70. The van der Waals surface area contributed by atoms with Crippen molar-refractivity contribution in [3.63, 3.8) is 0 Å². The monoisotopic (exact) mass is 340 g/mol. The molecule has 0 saturated heterocycles. The number of nitrogens with two attached hydrogens (primary N) is 1. The van der Waals surface area contributed by atoms with Crippen LogP contribution in [-0.2, 0) is 0 Å². The van der Waals surface area contributed by atoms with E-state index in [1.54, 1.807) is 19.4 Å². The van der Waals surface area contributed by atoms with Gasteiger partial charge in [0.15, 0.2) is 5.65 Å². The molecular weight excluding hydrogens is 316 g/mol. The maximum absolute atomic E-state index is 12.4. The topological polar surface area (TPSA) is 109 Å². The second-order valence-corrected chi connectivity index (χ2v) is 6.55. The molecule has 1 saturated carbocycles. The van der Waals surface area contributed by atoms with Gasteiger partial charge in [-0.25, -0.2) is 9.97 Å². The number of carbonyl (C=O) groups excluding carboxylic acids is 1. The van der Waals surface area contributed by atoms with Gasteiger partial charge >= 0.3 is 0 Å². The molecule has 25 heavy (non-hydrogen) atoms. The van der Waals surface area contributed by atoms with Gasteiger partial charge in [-0.05, 0) is 45.1 Å². The van der Waals surface area contributed by atoms with Crippen LogP contribution in [0.25, 0.3) is 16.9 Å². The molecule has 1 aliphatic rings. The average Bonchev–Trinajstić information content (AvgIpc) is 3.03. The molecule has 1 aliphatic carbocycles. The molecule has 0 aromatic carbocycles. The second kappa shape index (κ2) is 7.04. The van der Waals surface area contributed by atoms with Crippen molar-refractivity contribution in [2.75, 3.05) is 7.05 Å². The van der Waals surface area contributed by atoms with Gasteiger partial charge in [-0.1, -0.05) is 0 Å². The van der Waals surface area contributed by atoms with Crippen molar-refractivity contribution in [1.29, 1.82) is 0 Å². The third kappa shape index (κ3) is 3.40. The number of nitrogens with one attached hydrogen (secondary N) is 2. The number of hydrogen-bond donors (Lipinski definition) is 3. The van der Waals surface area contributed by atoms with Crippen LogP contribution in [0.5, 0.6) is 0 Å². The number of fused-ring (bicyclic) bond motifs is 1. The largest absolute Gasteiger partial charge is 0.397 e.